The first-order valence-corrected chi connectivity index (χ1v) is 10.9. The minimum absolute atomic E-state index is 0.0125. The molecule has 8 heteroatoms. The number of hydrogen-bond donors (Lipinski definition) is 1. The summed E-state index contributed by atoms with van der Waals surface area (Å²) in [6.45, 7) is 7.80. The summed E-state index contributed by atoms with van der Waals surface area (Å²) in [6, 6.07) is 6.26. The Kier molecular flexibility index (Phi) is 5.87. The van der Waals surface area contributed by atoms with Crippen molar-refractivity contribution in [1.82, 2.24) is 14.8 Å². The maximum Gasteiger partial charge on any atom is 0.237 e. The largest absolute Gasteiger partial charge is 0.378 e. The molecule has 0 unspecified atom stereocenters. The number of benzene rings is 1. The standard InChI is InChI=1S/C20H27N5O2S/c1-3-25-19(24-9-11-27-12-10-24)22-23-20(25)28-14(2)18(26)21-17-8-7-15-5-4-6-16(15)13-17/h7-8,13-14H,3-6,9-12H2,1-2H3,(H,21,26)/t14-/m0/s1. The van der Waals surface area contributed by atoms with E-state index in [9.17, 15) is 4.79 Å². The molecule has 4 rings (SSSR count). The summed E-state index contributed by atoms with van der Waals surface area (Å²) in [4.78, 5) is 14.9. The van der Waals surface area contributed by atoms with Gasteiger partial charge in [0.25, 0.3) is 0 Å². The third-order valence-corrected chi connectivity index (χ3v) is 6.41. The first-order valence-electron chi connectivity index (χ1n) is 10.0. The third kappa shape index (κ3) is 4.03. The molecule has 28 heavy (non-hydrogen) atoms. The van der Waals surface area contributed by atoms with Crippen molar-refractivity contribution in [2.75, 3.05) is 36.5 Å². The van der Waals surface area contributed by atoms with Crippen LogP contribution in [0.15, 0.2) is 23.4 Å². The van der Waals surface area contributed by atoms with Gasteiger partial charge in [-0.3, -0.25) is 9.36 Å². The van der Waals surface area contributed by atoms with Gasteiger partial charge in [0.2, 0.25) is 11.9 Å². The number of ether oxygens (including phenoxy) is 1. The Morgan fingerprint density at radius 2 is 2.04 bits per heavy atom. The van der Waals surface area contributed by atoms with E-state index < -0.39 is 0 Å². The molecule has 7 nitrogen and oxygen atoms in total. The van der Waals surface area contributed by atoms with Crippen LogP contribution in [0.2, 0.25) is 0 Å². The fourth-order valence-corrected chi connectivity index (χ4v) is 4.66. The van der Waals surface area contributed by atoms with Gasteiger partial charge in [0, 0.05) is 25.3 Å². The third-order valence-electron chi connectivity index (χ3n) is 5.32. The van der Waals surface area contributed by atoms with Crippen molar-refractivity contribution in [3.05, 3.63) is 29.3 Å². The Morgan fingerprint density at radius 3 is 2.82 bits per heavy atom. The average Bonchev–Trinajstić information content (AvgIpc) is 3.34. The summed E-state index contributed by atoms with van der Waals surface area (Å²) in [5.74, 6) is 0.848. The number of rotatable bonds is 6. The zero-order valence-electron chi connectivity index (χ0n) is 16.5. The first-order chi connectivity index (χ1) is 13.7. The van der Waals surface area contributed by atoms with Gasteiger partial charge in [-0.2, -0.15) is 0 Å². The number of morpholine rings is 1. The Balaban J connectivity index is 1.42. The number of aryl methyl sites for hydroxylation is 2. The topological polar surface area (TPSA) is 72.3 Å². The number of amides is 1. The van der Waals surface area contributed by atoms with Crippen molar-refractivity contribution in [3.8, 4) is 0 Å². The van der Waals surface area contributed by atoms with Crippen LogP contribution in [-0.4, -0.2) is 52.2 Å². The van der Waals surface area contributed by atoms with Crippen molar-refractivity contribution in [2.24, 2.45) is 0 Å². The smallest absolute Gasteiger partial charge is 0.237 e. The van der Waals surface area contributed by atoms with E-state index in [-0.39, 0.29) is 11.2 Å². The Labute approximate surface area is 169 Å². The second-order valence-corrected chi connectivity index (χ2v) is 8.52. The van der Waals surface area contributed by atoms with E-state index in [0.717, 1.165) is 49.3 Å². The zero-order valence-corrected chi connectivity index (χ0v) is 17.3. The minimum atomic E-state index is -0.264. The lowest BCUT2D eigenvalue weighted by molar-refractivity contribution is -0.115. The number of carbonyl (C=O) groups is 1. The zero-order chi connectivity index (χ0) is 19.5. The summed E-state index contributed by atoms with van der Waals surface area (Å²) >= 11 is 1.45. The highest BCUT2D eigenvalue weighted by Crippen LogP contribution is 2.28. The van der Waals surface area contributed by atoms with Crippen molar-refractivity contribution in [1.29, 1.82) is 0 Å². The molecule has 0 saturated carbocycles. The highest BCUT2D eigenvalue weighted by Gasteiger charge is 2.23. The summed E-state index contributed by atoms with van der Waals surface area (Å²) in [6.07, 6.45) is 3.46. The van der Waals surface area contributed by atoms with Crippen LogP contribution in [0.4, 0.5) is 11.6 Å². The van der Waals surface area contributed by atoms with Crippen molar-refractivity contribution >= 4 is 29.3 Å². The second-order valence-electron chi connectivity index (χ2n) is 7.21. The van der Waals surface area contributed by atoms with Crippen LogP contribution < -0.4 is 10.2 Å². The van der Waals surface area contributed by atoms with Crippen LogP contribution in [-0.2, 0) is 28.9 Å². The van der Waals surface area contributed by atoms with Gasteiger partial charge in [-0.05, 0) is 56.4 Å². The van der Waals surface area contributed by atoms with E-state index in [1.807, 2.05) is 13.0 Å². The van der Waals surface area contributed by atoms with E-state index in [1.165, 1.54) is 29.3 Å². The molecule has 1 aromatic carbocycles. The summed E-state index contributed by atoms with van der Waals surface area (Å²) in [5.41, 5.74) is 3.65. The lowest BCUT2D eigenvalue weighted by Crippen LogP contribution is -2.38. The predicted octanol–water partition coefficient (Wildman–Crippen LogP) is 2.74. The first kappa shape index (κ1) is 19.3. The predicted molar refractivity (Wildman–Crippen MR) is 111 cm³/mol. The molecule has 1 aliphatic carbocycles. The molecule has 2 aromatic rings. The molecule has 1 amide bonds. The van der Waals surface area contributed by atoms with Crippen molar-refractivity contribution in [3.63, 3.8) is 0 Å². The Hall–Kier alpha value is -2.06. The Morgan fingerprint density at radius 1 is 1.25 bits per heavy atom. The Bertz CT molecular complexity index is 847. The average molecular weight is 402 g/mol. The highest BCUT2D eigenvalue weighted by molar-refractivity contribution is 8.00. The molecule has 1 saturated heterocycles. The van der Waals surface area contributed by atoms with Crippen LogP contribution in [0, 0.1) is 0 Å². The van der Waals surface area contributed by atoms with Gasteiger partial charge in [0.1, 0.15) is 0 Å². The maximum atomic E-state index is 12.7. The SMILES string of the molecule is CCn1c(S[C@@H](C)C(=O)Nc2ccc3c(c2)CCC3)nnc1N1CCOCC1. The van der Waals surface area contributed by atoms with Gasteiger partial charge in [-0.1, -0.05) is 17.8 Å². The van der Waals surface area contributed by atoms with E-state index >= 15 is 0 Å². The number of nitrogens with zero attached hydrogens (tertiary/aromatic N) is 4. The van der Waals surface area contributed by atoms with Crippen LogP contribution in [0.25, 0.3) is 0 Å². The number of nitrogens with one attached hydrogen (secondary N) is 1. The molecule has 2 aliphatic rings. The lowest BCUT2D eigenvalue weighted by Gasteiger charge is -2.27. The highest BCUT2D eigenvalue weighted by atomic mass is 32.2. The molecule has 1 aromatic heterocycles. The number of fused-ring (bicyclic) bond motifs is 1. The summed E-state index contributed by atoms with van der Waals surface area (Å²) < 4.78 is 7.50. The second kappa shape index (κ2) is 8.53. The van der Waals surface area contributed by atoms with Crippen LogP contribution in [0.5, 0.6) is 0 Å². The molecule has 0 bridgehead atoms. The molecule has 1 N–H and O–H groups in total. The summed E-state index contributed by atoms with van der Waals surface area (Å²) in [5, 5.41) is 12.3. The monoisotopic (exact) mass is 401 g/mol. The molecule has 1 atom stereocenters. The van der Waals surface area contributed by atoms with Gasteiger partial charge < -0.3 is 15.0 Å². The number of aromatic nitrogens is 3. The fraction of sp³-hybridized carbons (Fsp3) is 0.550. The van der Waals surface area contributed by atoms with Crippen molar-refractivity contribution < 1.29 is 9.53 Å². The van der Waals surface area contributed by atoms with Gasteiger partial charge in [-0.15, -0.1) is 10.2 Å². The number of anilines is 2. The molecule has 2 heterocycles. The molecule has 0 spiro atoms. The molecular weight excluding hydrogens is 374 g/mol. The number of hydrogen-bond acceptors (Lipinski definition) is 6. The quantitative estimate of drug-likeness (QED) is 0.751. The molecule has 1 aliphatic heterocycles. The fourth-order valence-electron chi connectivity index (χ4n) is 3.75. The number of thioether (sulfide) groups is 1. The van der Waals surface area contributed by atoms with E-state index in [4.69, 9.17) is 4.74 Å². The van der Waals surface area contributed by atoms with E-state index in [1.54, 1.807) is 0 Å². The van der Waals surface area contributed by atoms with E-state index in [0.29, 0.717) is 13.2 Å². The van der Waals surface area contributed by atoms with Crippen LogP contribution in [0.3, 0.4) is 0 Å². The normalized spacial score (nSPS) is 17.4. The molecular formula is C20H27N5O2S. The van der Waals surface area contributed by atoms with Crippen LogP contribution in [0.1, 0.15) is 31.4 Å². The maximum absolute atomic E-state index is 12.7. The van der Waals surface area contributed by atoms with Crippen molar-refractivity contribution in [2.45, 2.75) is 50.1 Å². The van der Waals surface area contributed by atoms with E-state index in [2.05, 4.69) is 44.0 Å². The van der Waals surface area contributed by atoms with Gasteiger partial charge in [0.05, 0.1) is 18.5 Å². The molecule has 150 valence electrons. The van der Waals surface area contributed by atoms with Gasteiger partial charge in [0.15, 0.2) is 5.16 Å². The van der Waals surface area contributed by atoms with Gasteiger partial charge >= 0.3 is 0 Å². The minimum Gasteiger partial charge on any atom is -0.378 e. The summed E-state index contributed by atoms with van der Waals surface area (Å²) in [7, 11) is 0. The molecule has 1 fully saturated rings. The lowest BCUT2D eigenvalue weighted by atomic mass is 10.1. The molecule has 0 radical (unpaired) electrons. The van der Waals surface area contributed by atoms with Crippen LogP contribution >= 0.6 is 11.8 Å². The van der Waals surface area contributed by atoms with Gasteiger partial charge in [-0.25, -0.2) is 0 Å². The number of carbonyl (C=O) groups excluding carboxylic acids is 1.